The Labute approximate surface area is 162 Å². The summed E-state index contributed by atoms with van der Waals surface area (Å²) in [7, 11) is 3.90. The van der Waals surface area contributed by atoms with Crippen LogP contribution in [0.25, 0.3) is 0 Å². The molecule has 26 heavy (non-hydrogen) atoms. The molecule has 0 aromatic rings. The van der Waals surface area contributed by atoms with Crippen molar-refractivity contribution in [2.24, 2.45) is 0 Å². The lowest BCUT2D eigenvalue weighted by atomic mass is 9.99. The zero-order valence-corrected chi connectivity index (χ0v) is 17.9. The monoisotopic (exact) mass is 363 g/mol. The number of likely N-dealkylation sites (N-methyl/N-ethyl adjacent to an activating group) is 1. The van der Waals surface area contributed by atoms with Gasteiger partial charge in [0.25, 0.3) is 0 Å². The second kappa shape index (κ2) is 12.2. The van der Waals surface area contributed by atoms with Crippen LogP contribution in [0.4, 0.5) is 0 Å². The zero-order valence-electron chi connectivity index (χ0n) is 17.9. The van der Waals surface area contributed by atoms with Crippen LogP contribution in [0.5, 0.6) is 0 Å². The molecule has 4 nitrogen and oxygen atoms in total. The quantitative estimate of drug-likeness (QED) is 0.500. The van der Waals surface area contributed by atoms with Crippen LogP contribution in [-0.4, -0.2) is 74.2 Å². The molecule has 0 aromatic heterocycles. The number of likely N-dealkylation sites (tertiary alicyclic amines) is 1. The van der Waals surface area contributed by atoms with E-state index in [9.17, 15) is 0 Å². The van der Waals surface area contributed by atoms with Gasteiger partial charge in [0.2, 0.25) is 0 Å². The highest BCUT2D eigenvalue weighted by Crippen LogP contribution is 2.26. The molecule has 0 unspecified atom stereocenters. The van der Waals surface area contributed by atoms with E-state index < -0.39 is 0 Å². The van der Waals surface area contributed by atoms with Gasteiger partial charge in [0.1, 0.15) is 5.76 Å². The summed E-state index contributed by atoms with van der Waals surface area (Å²) in [5.41, 5.74) is 2.43. The second-order valence-corrected chi connectivity index (χ2v) is 7.11. The van der Waals surface area contributed by atoms with Crippen LogP contribution in [0.3, 0.4) is 0 Å². The van der Waals surface area contributed by atoms with Crippen molar-refractivity contribution in [1.29, 1.82) is 0 Å². The van der Waals surface area contributed by atoms with Gasteiger partial charge in [-0.05, 0) is 31.9 Å². The Morgan fingerprint density at radius 1 is 1.04 bits per heavy atom. The Kier molecular flexibility index (Phi) is 10.7. The third-order valence-corrected chi connectivity index (χ3v) is 5.33. The summed E-state index contributed by atoms with van der Waals surface area (Å²) >= 11 is 0. The third kappa shape index (κ3) is 6.81. The average molecular weight is 364 g/mol. The molecule has 2 fully saturated rings. The van der Waals surface area contributed by atoms with Crippen molar-refractivity contribution in [1.82, 2.24) is 14.7 Å². The van der Waals surface area contributed by atoms with E-state index >= 15 is 0 Å². The molecular formula is C22H41N3O. The Balaban J connectivity index is 0.00000163. The molecule has 0 radical (unpaired) electrons. The number of methoxy groups -OCH3 is 1. The Morgan fingerprint density at radius 2 is 1.62 bits per heavy atom. The van der Waals surface area contributed by atoms with E-state index in [0.29, 0.717) is 5.76 Å². The fourth-order valence-electron chi connectivity index (χ4n) is 3.72. The van der Waals surface area contributed by atoms with Crippen LogP contribution in [-0.2, 0) is 4.74 Å². The summed E-state index contributed by atoms with van der Waals surface area (Å²) < 4.78 is 5.27. The van der Waals surface area contributed by atoms with E-state index in [4.69, 9.17) is 4.74 Å². The molecule has 0 amide bonds. The summed E-state index contributed by atoms with van der Waals surface area (Å²) in [6.45, 7) is 21.5. The van der Waals surface area contributed by atoms with Gasteiger partial charge >= 0.3 is 0 Å². The largest absolute Gasteiger partial charge is 0.497 e. The van der Waals surface area contributed by atoms with Gasteiger partial charge in [-0.25, -0.2) is 0 Å². The van der Waals surface area contributed by atoms with Gasteiger partial charge in [-0.1, -0.05) is 40.3 Å². The molecule has 150 valence electrons. The molecular weight excluding hydrogens is 322 g/mol. The van der Waals surface area contributed by atoms with Crippen molar-refractivity contribution in [2.45, 2.75) is 52.5 Å². The fraction of sp³-hybridized carbons (Fsp3) is 0.727. The highest BCUT2D eigenvalue weighted by molar-refractivity contribution is 5.32. The van der Waals surface area contributed by atoms with Gasteiger partial charge in [-0.2, -0.15) is 0 Å². The SMILES string of the molecule is C=C(/C=C(\C(=C)CCC)N1CCC(N2CCN(C)CC2)CC1)OC.CC. The van der Waals surface area contributed by atoms with Crippen molar-refractivity contribution in [3.8, 4) is 0 Å². The number of allylic oxidation sites excluding steroid dienone is 2. The lowest BCUT2D eigenvalue weighted by Crippen LogP contribution is -2.52. The van der Waals surface area contributed by atoms with Crippen molar-refractivity contribution in [3.63, 3.8) is 0 Å². The molecule has 0 aliphatic carbocycles. The maximum Gasteiger partial charge on any atom is 0.113 e. The summed E-state index contributed by atoms with van der Waals surface area (Å²) in [5, 5.41) is 0. The average Bonchev–Trinajstić information content (AvgIpc) is 2.68. The number of ether oxygens (including phenoxy) is 1. The normalized spacial score (nSPS) is 20.3. The van der Waals surface area contributed by atoms with E-state index in [1.165, 1.54) is 50.3 Å². The molecule has 4 heteroatoms. The van der Waals surface area contributed by atoms with E-state index in [-0.39, 0.29) is 0 Å². The Morgan fingerprint density at radius 3 is 2.12 bits per heavy atom. The van der Waals surface area contributed by atoms with Gasteiger partial charge in [-0.15, -0.1) is 0 Å². The van der Waals surface area contributed by atoms with Gasteiger partial charge in [-0.3, -0.25) is 4.90 Å². The van der Waals surface area contributed by atoms with Crippen LogP contribution in [0.2, 0.25) is 0 Å². The number of nitrogens with zero attached hydrogens (tertiary/aromatic N) is 3. The minimum absolute atomic E-state index is 0.712. The van der Waals surface area contributed by atoms with Crippen LogP contribution >= 0.6 is 0 Å². The van der Waals surface area contributed by atoms with Crippen LogP contribution < -0.4 is 0 Å². The minimum Gasteiger partial charge on any atom is -0.497 e. The minimum atomic E-state index is 0.712. The maximum absolute atomic E-state index is 5.27. The number of hydrogen-bond acceptors (Lipinski definition) is 4. The standard InChI is InChI=1S/C20H35N3O.C2H6/c1-6-7-17(2)20(16-18(3)24-5)23-10-8-19(9-11-23)22-14-12-21(4)13-15-22;1-2/h16,19H,2-3,6-15H2,1,4-5H3;1-2H3/b20-16+;. The first kappa shape index (κ1) is 22.8. The van der Waals surface area contributed by atoms with Crippen molar-refractivity contribution in [3.05, 3.63) is 36.3 Å². The van der Waals surface area contributed by atoms with Gasteiger partial charge in [0.05, 0.1) is 7.11 Å². The first-order valence-corrected chi connectivity index (χ1v) is 10.4. The zero-order chi connectivity index (χ0) is 19.5. The predicted octanol–water partition coefficient (Wildman–Crippen LogP) is 4.12. The Bertz CT molecular complexity index is 456. The Hall–Kier alpha value is -1.26. The fourth-order valence-corrected chi connectivity index (χ4v) is 3.72. The van der Waals surface area contributed by atoms with E-state index in [2.05, 4.69) is 47.9 Å². The number of rotatable bonds is 7. The molecule has 0 spiro atoms. The topological polar surface area (TPSA) is 19.0 Å². The number of hydrogen-bond donors (Lipinski definition) is 0. The predicted molar refractivity (Wildman–Crippen MR) is 113 cm³/mol. The molecule has 0 N–H and O–H groups in total. The highest BCUT2D eigenvalue weighted by Gasteiger charge is 2.27. The maximum atomic E-state index is 5.27. The molecule has 0 aromatic carbocycles. The summed E-state index contributed by atoms with van der Waals surface area (Å²) in [6.07, 6.45) is 6.68. The van der Waals surface area contributed by atoms with Crippen LogP contribution in [0.1, 0.15) is 46.5 Å². The molecule has 2 heterocycles. The van der Waals surface area contributed by atoms with Crippen LogP contribution in [0, 0.1) is 0 Å². The van der Waals surface area contributed by atoms with Gasteiger partial charge in [0.15, 0.2) is 0 Å². The number of piperazine rings is 1. The lowest BCUT2D eigenvalue weighted by molar-refractivity contribution is 0.0760. The first-order chi connectivity index (χ1) is 12.5. The molecule has 2 aliphatic rings. The highest BCUT2D eigenvalue weighted by atomic mass is 16.5. The van der Waals surface area contributed by atoms with E-state index in [0.717, 1.165) is 32.0 Å². The van der Waals surface area contributed by atoms with Gasteiger partial charge < -0.3 is 14.5 Å². The first-order valence-electron chi connectivity index (χ1n) is 10.4. The molecule has 2 aliphatic heterocycles. The lowest BCUT2D eigenvalue weighted by Gasteiger charge is -2.43. The van der Waals surface area contributed by atoms with Crippen LogP contribution in [0.15, 0.2) is 36.3 Å². The van der Waals surface area contributed by atoms with Crippen molar-refractivity contribution >= 4 is 0 Å². The number of piperidine rings is 1. The van der Waals surface area contributed by atoms with Crippen molar-refractivity contribution < 1.29 is 4.74 Å². The summed E-state index contributed by atoms with van der Waals surface area (Å²) in [5.74, 6) is 0.712. The van der Waals surface area contributed by atoms with Crippen molar-refractivity contribution in [2.75, 3.05) is 53.4 Å². The summed E-state index contributed by atoms with van der Waals surface area (Å²) in [6, 6.07) is 0.737. The third-order valence-electron chi connectivity index (χ3n) is 5.33. The molecule has 2 saturated heterocycles. The van der Waals surface area contributed by atoms with Gasteiger partial charge in [0, 0.05) is 57.1 Å². The smallest absolute Gasteiger partial charge is 0.113 e. The molecule has 2 rings (SSSR count). The molecule has 0 saturated carbocycles. The second-order valence-electron chi connectivity index (χ2n) is 7.11. The van der Waals surface area contributed by atoms with E-state index in [1.54, 1.807) is 7.11 Å². The van der Waals surface area contributed by atoms with E-state index in [1.807, 2.05) is 13.8 Å². The molecule has 0 bridgehead atoms. The molecule has 0 atom stereocenters. The summed E-state index contributed by atoms with van der Waals surface area (Å²) in [4.78, 5) is 7.60.